The molecular formula is C8H6BrNO3. The van der Waals surface area contributed by atoms with Crippen LogP contribution in [0.5, 0.6) is 5.75 Å². The molecule has 0 bridgehead atoms. The molecule has 1 aromatic carbocycles. The van der Waals surface area contributed by atoms with Crippen LogP contribution in [0.15, 0.2) is 25.8 Å². The second-order valence-corrected chi connectivity index (χ2v) is 3.32. The monoisotopic (exact) mass is 243 g/mol. The number of methoxy groups -OCH3 is 1. The maximum Gasteiger partial charge on any atom is 0.417 e. The molecule has 1 aromatic heterocycles. The number of hydrogen-bond acceptors (Lipinski definition) is 3. The molecule has 5 heteroatoms. The van der Waals surface area contributed by atoms with Gasteiger partial charge in [-0.2, -0.15) is 0 Å². The first-order chi connectivity index (χ1) is 6.22. The molecule has 0 amide bonds. The van der Waals surface area contributed by atoms with E-state index < -0.39 is 5.76 Å². The Labute approximate surface area is 81.6 Å². The number of oxazole rings is 1. The third-order valence-electron chi connectivity index (χ3n) is 1.71. The Bertz CT molecular complexity index is 500. The van der Waals surface area contributed by atoms with Crippen molar-refractivity contribution in [1.29, 1.82) is 0 Å². The molecule has 2 rings (SSSR count). The van der Waals surface area contributed by atoms with Gasteiger partial charge in [-0.3, -0.25) is 4.98 Å². The fraction of sp³-hybridized carbons (Fsp3) is 0.125. The van der Waals surface area contributed by atoms with E-state index in [4.69, 9.17) is 9.15 Å². The summed E-state index contributed by atoms with van der Waals surface area (Å²) < 4.78 is 10.7. The molecule has 0 radical (unpaired) electrons. The average molecular weight is 244 g/mol. The Morgan fingerprint density at radius 2 is 2.31 bits per heavy atom. The second kappa shape index (κ2) is 2.92. The summed E-state index contributed by atoms with van der Waals surface area (Å²) in [6.07, 6.45) is 0. The first-order valence-corrected chi connectivity index (χ1v) is 4.37. The number of hydrogen-bond donors (Lipinski definition) is 1. The van der Waals surface area contributed by atoms with Gasteiger partial charge in [-0.15, -0.1) is 0 Å². The highest BCUT2D eigenvalue weighted by molar-refractivity contribution is 9.10. The van der Waals surface area contributed by atoms with Crippen molar-refractivity contribution >= 4 is 27.0 Å². The Morgan fingerprint density at radius 1 is 1.54 bits per heavy atom. The number of aromatic amines is 1. The fourth-order valence-electron chi connectivity index (χ4n) is 1.14. The molecule has 2 aromatic rings. The van der Waals surface area contributed by atoms with Crippen LogP contribution in [0.25, 0.3) is 11.1 Å². The maximum atomic E-state index is 10.9. The lowest BCUT2D eigenvalue weighted by Gasteiger charge is -1.99. The predicted octanol–water partition coefficient (Wildman–Crippen LogP) is 1.89. The molecule has 0 fully saturated rings. The first kappa shape index (κ1) is 8.37. The minimum absolute atomic E-state index is 0.432. The lowest BCUT2D eigenvalue weighted by molar-refractivity contribution is 0.407. The normalized spacial score (nSPS) is 10.6. The molecule has 4 nitrogen and oxygen atoms in total. The van der Waals surface area contributed by atoms with Gasteiger partial charge < -0.3 is 9.15 Å². The minimum atomic E-state index is -0.486. The quantitative estimate of drug-likeness (QED) is 0.833. The highest BCUT2D eigenvalue weighted by atomic mass is 79.9. The number of ether oxygens (including phenoxy) is 1. The van der Waals surface area contributed by atoms with E-state index in [1.165, 1.54) is 7.11 Å². The van der Waals surface area contributed by atoms with E-state index in [1.54, 1.807) is 12.1 Å². The molecule has 0 aliphatic carbocycles. The molecule has 0 aliphatic heterocycles. The second-order valence-electron chi connectivity index (χ2n) is 2.47. The summed E-state index contributed by atoms with van der Waals surface area (Å²) >= 11 is 3.29. The van der Waals surface area contributed by atoms with Gasteiger partial charge >= 0.3 is 5.76 Å². The van der Waals surface area contributed by atoms with E-state index in [-0.39, 0.29) is 0 Å². The molecular weight excluding hydrogens is 238 g/mol. The Balaban J connectivity index is 2.91. The summed E-state index contributed by atoms with van der Waals surface area (Å²) in [7, 11) is 1.52. The summed E-state index contributed by atoms with van der Waals surface area (Å²) in [6.45, 7) is 0. The van der Waals surface area contributed by atoms with Crippen LogP contribution < -0.4 is 10.5 Å². The molecule has 1 N–H and O–H groups in total. The lowest BCUT2D eigenvalue weighted by atomic mass is 10.3. The molecule has 0 aliphatic rings. The summed E-state index contributed by atoms with van der Waals surface area (Å²) in [4.78, 5) is 13.5. The summed E-state index contributed by atoms with van der Waals surface area (Å²) in [6, 6.07) is 3.51. The SMILES string of the molecule is COc1ccc(Br)c2[nH]c(=O)oc12. The third kappa shape index (κ3) is 1.25. The van der Waals surface area contributed by atoms with Crippen LogP contribution in [0.4, 0.5) is 0 Å². The zero-order valence-corrected chi connectivity index (χ0v) is 8.34. The highest BCUT2D eigenvalue weighted by Crippen LogP contribution is 2.28. The first-order valence-electron chi connectivity index (χ1n) is 3.57. The molecule has 1 heterocycles. The fourth-order valence-corrected chi connectivity index (χ4v) is 1.55. The van der Waals surface area contributed by atoms with Crippen LogP contribution in [0.1, 0.15) is 0 Å². The van der Waals surface area contributed by atoms with Gasteiger partial charge in [0.2, 0.25) is 0 Å². The standard InChI is InChI=1S/C8H6BrNO3/c1-12-5-3-2-4(9)6-7(5)13-8(11)10-6/h2-3H,1H3,(H,10,11). The predicted molar refractivity (Wildman–Crippen MR) is 51.1 cm³/mol. The molecule has 0 saturated carbocycles. The van der Waals surface area contributed by atoms with Crippen molar-refractivity contribution in [3.63, 3.8) is 0 Å². The van der Waals surface area contributed by atoms with Gasteiger partial charge in [0.1, 0.15) is 5.52 Å². The van der Waals surface area contributed by atoms with Crippen LogP contribution >= 0.6 is 15.9 Å². The minimum Gasteiger partial charge on any atom is -0.493 e. The number of halogens is 1. The third-order valence-corrected chi connectivity index (χ3v) is 2.37. The van der Waals surface area contributed by atoms with Gasteiger partial charge in [-0.1, -0.05) is 0 Å². The van der Waals surface area contributed by atoms with Crippen molar-refractivity contribution in [3.8, 4) is 5.75 Å². The summed E-state index contributed by atoms with van der Waals surface area (Å²) in [5.74, 6) is 0.0525. The van der Waals surface area contributed by atoms with E-state index in [0.717, 1.165) is 4.47 Å². The molecule has 0 spiro atoms. The Kier molecular flexibility index (Phi) is 1.88. The van der Waals surface area contributed by atoms with Crippen molar-refractivity contribution in [2.75, 3.05) is 7.11 Å². The topological polar surface area (TPSA) is 55.2 Å². The van der Waals surface area contributed by atoms with Crippen molar-refractivity contribution < 1.29 is 9.15 Å². The molecule has 13 heavy (non-hydrogen) atoms. The smallest absolute Gasteiger partial charge is 0.417 e. The van der Waals surface area contributed by atoms with E-state index in [0.29, 0.717) is 16.8 Å². The van der Waals surface area contributed by atoms with Gasteiger partial charge in [-0.25, -0.2) is 4.79 Å². The van der Waals surface area contributed by atoms with Crippen LogP contribution in [-0.2, 0) is 0 Å². The molecule has 0 unspecified atom stereocenters. The number of H-pyrrole nitrogens is 1. The van der Waals surface area contributed by atoms with E-state index >= 15 is 0 Å². The van der Waals surface area contributed by atoms with Crippen LogP contribution in [0.3, 0.4) is 0 Å². The van der Waals surface area contributed by atoms with Gasteiger partial charge in [0.15, 0.2) is 11.3 Å². The number of nitrogens with one attached hydrogen (secondary N) is 1. The van der Waals surface area contributed by atoms with Crippen molar-refractivity contribution in [2.24, 2.45) is 0 Å². The zero-order valence-electron chi connectivity index (χ0n) is 6.76. The summed E-state index contributed by atoms with van der Waals surface area (Å²) in [5, 5.41) is 0. The van der Waals surface area contributed by atoms with Gasteiger partial charge in [0.25, 0.3) is 0 Å². The van der Waals surface area contributed by atoms with Gasteiger partial charge in [-0.05, 0) is 28.1 Å². The number of fused-ring (bicyclic) bond motifs is 1. The number of rotatable bonds is 1. The largest absolute Gasteiger partial charge is 0.493 e. The van der Waals surface area contributed by atoms with Gasteiger partial charge in [0.05, 0.1) is 7.11 Å². The lowest BCUT2D eigenvalue weighted by Crippen LogP contribution is -1.93. The van der Waals surface area contributed by atoms with Crippen molar-refractivity contribution in [1.82, 2.24) is 4.98 Å². The van der Waals surface area contributed by atoms with E-state index in [9.17, 15) is 4.79 Å². The molecule has 68 valence electrons. The van der Waals surface area contributed by atoms with Crippen LogP contribution in [-0.4, -0.2) is 12.1 Å². The number of aromatic nitrogens is 1. The highest BCUT2D eigenvalue weighted by Gasteiger charge is 2.09. The zero-order chi connectivity index (χ0) is 9.42. The Morgan fingerprint density at radius 3 is 3.00 bits per heavy atom. The van der Waals surface area contributed by atoms with Crippen LogP contribution in [0, 0.1) is 0 Å². The number of benzene rings is 1. The van der Waals surface area contributed by atoms with Crippen molar-refractivity contribution in [2.45, 2.75) is 0 Å². The maximum absolute atomic E-state index is 10.9. The molecule has 0 atom stereocenters. The average Bonchev–Trinajstić information content (AvgIpc) is 2.48. The summed E-state index contributed by atoms with van der Waals surface area (Å²) in [5.41, 5.74) is 1.05. The van der Waals surface area contributed by atoms with Crippen molar-refractivity contribution in [3.05, 3.63) is 27.2 Å². The van der Waals surface area contributed by atoms with E-state index in [2.05, 4.69) is 20.9 Å². The Hall–Kier alpha value is -1.23. The van der Waals surface area contributed by atoms with E-state index in [1.807, 2.05) is 0 Å². The molecule has 0 saturated heterocycles. The van der Waals surface area contributed by atoms with Gasteiger partial charge in [0, 0.05) is 4.47 Å². The van der Waals surface area contributed by atoms with Crippen LogP contribution in [0.2, 0.25) is 0 Å².